The first-order valence-electron chi connectivity index (χ1n) is 21.5. The van der Waals surface area contributed by atoms with Crippen LogP contribution in [0.4, 0.5) is 0 Å². The third kappa shape index (κ3) is 27.4. The summed E-state index contributed by atoms with van der Waals surface area (Å²) in [5.74, 6) is 12.0. The van der Waals surface area contributed by atoms with Gasteiger partial charge in [-0.2, -0.15) is 0 Å². The second-order valence-electron chi connectivity index (χ2n) is 13.6. The Morgan fingerprint density at radius 2 is 1.04 bits per heavy atom. The van der Waals surface area contributed by atoms with Crippen LogP contribution in [-0.2, 0) is 37.9 Å². The molecule has 0 radical (unpaired) electrons. The maximum absolute atomic E-state index is 11.6. The number of terminal acetylenes is 1. The number of carboxylic acid groups (broad SMARTS) is 1. The number of hydrogen-bond acceptors (Lipinski definition) is 18. The summed E-state index contributed by atoms with van der Waals surface area (Å²) in [6, 6.07) is 4.23. The van der Waals surface area contributed by atoms with Crippen LogP contribution in [0.25, 0.3) is 0 Å². The minimum Gasteiger partial charge on any atom is -0.870 e. The summed E-state index contributed by atoms with van der Waals surface area (Å²) < 4.78 is 42.3. The average Bonchev–Trinajstić information content (AvgIpc) is 3.33. The van der Waals surface area contributed by atoms with Gasteiger partial charge in [0, 0.05) is 57.3 Å². The molecule has 3 unspecified atom stereocenters. The van der Waals surface area contributed by atoms with Gasteiger partial charge in [0.05, 0.1) is 33.0 Å². The molecule has 3 atom stereocenters. The predicted molar refractivity (Wildman–Crippen MR) is 237 cm³/mol. The molecule has 0 bridgehead atoms. The number of halogens is 1. The molecular formula is C46H58ClLiN6O13. The molecule has 358 valence electrons. The fraction of sp³-hybridized carbons (Fsp3) is 0.543. The maximum Gasteiger partial charge on any atom is 1.00 e. The molecule has 3 saturated heterocycles. The van der Waals surface area contributed by atoms with E-state index in [1.807, 2.05) is 0 Å². The van der Waals surface area contributed by atoms with Gasteiger partial charge in [0.1, 0.15) is 35.5 Å². The second-order valence-corrected chi connectivity index (χ2v) is 14.0. The fourth-order valence-electron chi connectivity index (χ4n) is 5.50. The van der Waals surface area contributed by atoms with Gasteiger partial charge in [0.15, 0.2) is 36.0 Å². The minimum atomic E-state index is -1.09. The summed E-state index contributed by atoms with van der Waals surface area (Å²) in [4.78, 5) is 56.0. The van der Waals surface area contributed by atoms with Crippen molar-refractivity contribution in [3.63, 3.8) is 0 Å². The molecule has 3 aliphatic rings. The quantitative estimate of drug-likeness (QED) is 0.0801. The Labute approximate surface area is 409 Å². The minimum absolute atomic E-state index is 0. The number of nitrogens with zero attached hydrogens (tertiary/aromatic N) is 6. The van der Waals surface area contributed by atoms with Gasteiger partial charge in [-0.3, -0.25) is 0 Å². The van der Waals surface area contributed by atoms with Crippen LogP contribution in [-0.4, -0.2) is 130 Å². The van der Waals surface area contributed by atoms with Crippen molar-refractivity contribution in [2.24, 2.45) is 0 Å². The number of ether oxygens (including phenoxy) is 8. The molecule has 3 aromatic rings. The first-order valence-corrected chi connectivity index (χ1v) is 21.9. The smallest absolute Gasteiger partial charge is 0.870 e. The Morgan fingerprint density at radius 1 is 0.642 bits per heavy atom. The molecule has 0 spiro atoms. The van der Waals surface area contributed by atoms with Crippen molar-refractivity contribution in [3.05, 3.63) is 70.8 Å². The molecule has 0 aromatic carbocycles. The summed E-state index contributed by atoms with van der Waals surface area (Å²) in [6.07, 6.45) is 20.2. The summed E-state index contributed by atoms with van der Waals surface area (Å²) in [6.45, 7) is 8.11. The number of carboxylic acids is 1. The Balaban J connectivity index is 0.000000460. The Hall–Kier alpha value is -5.06. The van der Waals surface area contributed by atoms with Crippen LogP contribution >= 0.6 is 11.6 Å². The van der Waals surface area contributed by atoms with E-state index in [-0.39, 0.29) is 65.4 Å². The van der Waals surface area contributed by atoms with Crippen molar-refractivity contribution in [1.29, 1.82) is 0 Å². The summed E-state index contributed by atoms with van der Waals surface area (Å²) in [5, 5.41) is 9.02. The third-order valence-electron chi connectivity index (χ3n) is 8.61. The van der Waals surface area contributed by atoms with Gasteiger partial charge in [-0.25, -0.2) is 44.3 Å². The van der Waals surface area contributed by atoms with E-state index in [1.165, 1.54) is 43.6 Å². The third-order valence-corrected chi connectivity index (χ3v) is 8.82. The molecule has 3 aliphatic heterocycles. The molecule has 6 heterocycles. The molecule has 19 nitrogen and oxygen atoms in total. The van der Waals surface area contributed by atoms with E-state index in [9.17, 15) is 14.4 Å². The molecule has 0 amide bonds. The normalized spacial score (nSPS) is 16.8. The monoisotopic (exact) mass is 944 g/mol. The first kappa shape index (κ1) is 60.0. The maximum atomic E-state index is 11.6. The van der Waals surface area contributed by atoms with E-state index >= 15 is 0 Å². The van der Waals surface area contributed by atoms with E-state index in [1.54, 1.807) is 13.8 Å². The zero-order chi connectivity index (χ0) is 46.7. The van der Waals surface area contributed by atoms with Crippen LogP contribution in [0.3, 0.4) is 0 Å². The van der Waals surface area contributed by atoms with E-state index < -0.39 is 17.9 Å². The molecule has 3 aromatic heterocycles. The molecule has 21 heteroatoms. The van der Waals surface area contributed by atoms with Crippen molar-refractivity contribution < 1.29 is 81.7 Å². The molecule has 3 fully saturated rings. The van der Waals surface area contributed by atoms with E-state index in [4.69, 9.17) is 61.0 Å². The topological polar surface area (TPSA) is 253 Å². The zero-order valence-electron chi connectivity index (χ0n) is 38.4. The van der Waals surface area contributed by atoms with Crippen molar-refractivity contribution >= 4 is 29.5 Å². The van der Waals surface area contributed by atoms with Gasteiger partial charge in [-0.1, -0.05) is 23.4 Å². The van der Waals surface area contributed by atoms with E-state index in [0.29, 0.717) is 63.7 Å². The summed E-state index contributed by atoms with van der Waals surface area (Å²) in [5.41, 5.74) is 1.22. The van der Waals surface area contributed by atoms with Crippen LogP contribution in [0.1, 0.15) is 134 Å². The van der Waals surface area contributed by atoms with E-state index in [2.05, 4.69) is 59.5 Å². The number of esters is 2. The first-order chi connectivity index (χ1) is 31.7. The molecule has 6 rings (SSSR count). The van der Waals surface area contributed by atoms with Gasteiger partial charge in [0.25, 0.3) is 0 Å². The molecule has 0 saturated carbocycles. The van der Waals surface area contributed by atoms with Crippen LogP contribution < -0.4 is 18.9 Å². The fourth-order valence-corrected chi connectivity index (χ4v) is 5.65. The number of aromatic carboxylic acids is 1. The summed E-state index contributed by atoms with van der Waals surface area (Å²) >= 11 is 5.53. The second kappa shape index (κ2) is 38.0. The van der Waals surface area contributed by atoms with Gasteiger partial charge < -0.3 is 48.5 Å². The van der Waals surface area contributed by atoms with Crippen molar-refractivity contribution in [3.8, 4) is 36.0 Å². The zero-order valence-corrected chi connectivity index (χ0v) is 39.1. The number of carbonyl (C=O) groups excluding carboxylic acids is 2. The largest absolute Gasteiger partial charge is 1.00 e. The van der Waals surface area contributed by atoms with Crippen molar-refractivity contribution in [1.82, 2.24) is 29.9 Å². The molecular weight excluding hydrogens is 887 g/mol. The summed E-state index contributed by atoms with van der Waals surface area (Å²) in [7, 11) is 0. The molecule has 0 aliphatic carbocycles. The van der Waals surface area contributed by atoms with Crippen LogP contribution in [0.15, 0.2) is 37.2 Å². The SMILES string of the molecule is C#CCCOC1CCCCO1.CCOC(=O)c1cc(C#CCCOC2CCCCO2)ncn1.CCOC(=O)c1cc(Cl)ncn1.O=C(O)c1cc(C#CCCOC2CCCCO2)ncn1.[Li+].[OH-]. The van der Waals surface area contributed by atoms with Gasteiger partial charge >= 0.3 is 36.8 Å². The van der Waals surface area contributed by atoms with Crippen molar-refractivity contribution in [2.45, 2.75) is 110 Å². The predicted octanol–water partition coefficient (Wildman–Crippen LogP) is 3.08. The molecule has 67 heavy (non-hydrogen) atoms. The Morgan fingerprint density at radius 3 is 1.43 bits per heavy atom. The average molecular weight is 945 g/mol. The standard InChI is InChI=1S/C16H20N2O4.C14H16N2O4.C9H14O2.C7H7ClN2O2.Li.H2O/c1-2-20-16(19)14-11-13(17-12-18-14)7-3-5-9-21-15-8-4-6-10-22-15;17-14(18)12-9-11(15-10-16-12)5-1-3-7-19-13-6-2-4-8-20-13;1-2-3-7-10-9-6-4-5-8-11-9;1-2-12-7(11)5-3-6(8)10-4-9-5;;/h11-12,15H,2,4-6,8-10H2,1H3;9-10,13H,2-4,6-8H2,(H,17,18);1,9H,3-8H2;3-4H,2H2,1H3;;1H2/q;;;;+1;/p-1. The van der Waals surface area contributed by atoms with Crippen LogP contribution in [0.5, 0.6) is 0 Å². The van der Waals surface area contributed by atoms with E-state index in [0.717, 1.165) is 71.2 Å². The van der Waals surface area contributed by atoms with Crippen LogP contribution in [0.2, 0.25) is 5.15 Å². The Bertz CT molecular complexity index is 2040. The number of aromatic nitrogens is 6. The number of rotatable bonds is 14. The van der Waals surface area contributed by atoms with Gasteiger partial charge in [0.2, 0.25) is 0 Å². The Kier molecular flexibility index (Phi) is 34.0. The number of carbonyl (C=O) groups is 3. The molecule has 2 N–H and O–H groups in total. The van der Waals surface area contributed by atoms with Crippen molar-refractivity contribution in [2.75, 3.05) is 52.9 Å². The van der Waals surface area contributed by atoms with Gasteiger partial charge in [-0.05, 0) is 83.5 Å². The van der Waals surface area contributed by atoms with Gasteiger partial charge in [-0.15, -0.1) is 12.3 Å². The van der Waals surface area contributed by atoms with Crippen LogP contribution in [0, 0.1) is 36.0 Å². The number of hydrogen-bond donors (Lipinski definition) is 1.